The van der Waals surface area contributed by atoms with Crippen LogP contribution in [0.3, 0.4) is 0 Å². The monoisotopic (exact) mass is 454 g/mol. The number of anilines is 1. The number of likely N-dealkylation sites (tertiary alicyclic amines) is 1. The number of carbonyl (C=O) groups is 2. The molecule has 1 spiro atoms. The topological polar surface area (TPSA) is 56.8 Å². The Morgan fingerprint density at radius 2 is 1.75 bits per heavy atom. The Bertz CT molecular complexity index is 963. The number of aromatic nitrogens is 1. The highest BCUT2D eigenvalue weighted by atomic mass is 32.1. The van der Waals surface area contributed by atoms with E-state index in [0.717, 1.165) is 57.7 Å². The average Bonchev–Trinajstić information content (AvgIpc) is 3.40. The molecule has 1 aliphatic carbocycles. The van der Waals surface area contributed by atoms with Crippen molar-refractivity contribution in [3.63, 3.8) is 0 Å². The lowest BCUT2D eigenvalue weighted by atomic mass is 9.76. The molecule has 3 fully saturated rings. The number of fused-ring (bicyclic) bond motifs is 1. The SMILES string of the molecule is CC1CN(CCCCN2C(=O)CC3(CCCC3)CC2=O)CCN1c1nsc2ccccc12. The predicted octanol–water partition coefficient (Wildman–Crippen LogP) is 4.30. The van der Waals surface area contributed by atoms with Crippen LogP contribution in [0.4, 0.5) is 5.82 Å². The highest BCUT2D eigenvalue weighted by molar-refractivity contribution is 7.13. The first kappa shape index (κ1) is 21.8. The molecule has 0 bridgehead atoms. The normalized spacial score (nSPS) is 24.2. The van der Waals surface area contributed by atoms with Gasteiger partial charge in [0.2, 0.25) is 11.8 Å². The fraction of sp³-hybridized carbons (Fsp3) is 0.640. The van der Waals surface area contributed by atoms with Gasteiger partial charge in [-0.3, -0.25) is 19.4 Å². The Hall–Kier alpha value is -1.99. The van der Waals surface area contributed by atoms with Crippen LogP contribution in [0.25, 0.3) is 10.1 Å². The third-order valence-electron chi connectivity index (χ3n) is 7.77. The Balaban J connectivity index is 1.08. The van der Waals surface area contributed by atoms with Crippen molar-refractivity contribution in [3.8, 4) is 0 Å². The second kappa shape index (κ2) is 9.10. The maximum atomic E-state index is 12.6. The van der Waals surface area contributed by atoms with Crippen molar-refractivity contribution in [1.82, 2.24) is 14.2 Å². The standard InChI is InChI=1S/C25H34N4O2S/c1-19-18-27(14-15-28(19)24-20-8-2-3-9-21(20)32-26-24)12-6-7-13-29-22(30)16-25(17-23(29)31)10-4-5-11-25/h2-3,8-9,19H,4-7,10-18H2,1H3. The van der Waals surface area contributed by atoms with Crippen LogP contribution in [0.5, 0.6) is 0 Å². The van der Waals surface area contributed by atoms with Crippen molar-refractivity contribution in [2.45, 2.75) is 64.3 Å². The van der Waals surface area contributed by atoms with Crippen LogP contribution in [0.1, 0.15) is 58.3 Å². The molecule has 7 heteroatoms. The summed E-state index contributed by atoms with van der Waals surface area (Å²) in [5.41, 5.74) is 0.00309. The van der Waals surface area contributed by atoms with E-state index in [1.807, 2.05) is 0 Å². The molecular formula is C25H34N4O2S. The third-order valence-corrected chi connectivity index (χ3v) is 8.58. The summed E-state index contributed by atoms with van der Waals surface area (Å²) >= 11 is 1.58. The van der Waals surface area contributed by atoms with Gasteiger partial charge in [-0.1, -0.05) is 25.0 Å². The van der Waals surface area contributed by atoms with E-state index in [4.69, 9.17) is 4.37 Å². The number of benzene rings is 1. The molecule has 0 N–H and O–H groups in total. The van der Waals surface area contributed by atoms with Gasteiger partial charge in [-0.2, -0.15) is 4.37 Å². The van der Waals surface area contributed by atoms with Gasteiger partial charge in [-0.15, -0.1) is 0 Å². The molecule has 2 saturated heterocycles. The molecule has 6 nitrogen and oxygen atoms in total. The smallest absolute Gasteiger partial charge is 0.229 e. The van der Waals surface area contributed by atoms with Gasteiger partial charge in [-0.05, 0) is 68.2 Å². The predicted molar refractivity (Wildman–Crippen MR) is 129 cm³/mol. The highest BCUT2D eigenvalue weighted by Crippen LogP contribution is 2.46. The number of nitrogens with zero attached hydrogens (tertiary/aromatic N) is 4. The number of piperidine rings is 1. The molecule has 172 valence electrons. The second-order valence-corrected chi connectivity index (χ2v) is 10.9. The molecule has 1 unspecified atom stereocenters. The molecule has 2 aromatic rings. The molecule has 1 atom stereocenters. The van der Waals surface area contributed by atoms with E-state index in [1.54, 1.807) is 16.4 Å². The zero-order valence-electron chi connectivity index (χ0n) is 19.1. The van der Waals surface area contributed by atoms with Crippen molar-refractivity contribution in [1.29, 1.82) is 0 Å². The fourth-order valence-corrected chi connectivity index (χ4v) is 6.78. The van der Waals surface area contributed by atoms with Gasteiger partial charge < -0.3 is 4.90 Å². The third kappa shape index (κ3) is 4.29. The highest BCUT2D eigenvalue weighted by Gasteiger charge is 2.44. The summed E-state index contributed by atoms with van der Waals surface area (Å²) in [6.45, 7) is 6.94. The minimum atomic E-state index is 0.00309. The first-order chi connectivity index (χ1) is 15.5. The van der Waals surface area contributed by atoms with Gasteiger partial charge in [0, 0.05) is 50.4 Å². The summed E-state index contributed by atoms with van der Waals surface area (Å²) in [7, 11) is 0. The summed E-state index contributed by atoms with van der Waals surface area (Å²) in [6, 6.07) is 8.89. The molecule has 1 saturated carbocycles. The van der Waals surface area contributed by atoms with Crippen molar-refractivity contribution < 1.29 is 9.59 Å². The zero-order valence-corrected chi connectivity index (χ0v) is 19.9. The molecule has 3 aliphatic rings. The number of carbonyl (C=O) groups excluding carboxylic acids is 2. The molecule has 2 amide bonds. The minimum absolute atomic E-state index is 0.00309. The average molecular weight is 455 g/mol. The summed E-state index contributed by atoms with van der Waals surface area (Å²) in [5.74, 6) is 1.27. The lowest BCUT2D eigenvalue weighted by Crippen LogP contribution is -2.52. The quantitative estimate of drug-likeness (QED) is 0.481. The maximum Gasteiger partial charge on any atom is 0.229 e. The van der Waals surface area contributed by atoms with Crippen LogP contribution in [0.15, 0.2) is 24.3 Å². The molecule has 2 aliphatic heterocycles. The van der Waals surface area contributed by atoms with Crippen LogP contribution in [-0.2, 0) is 9.59 Å². The first-order valence-corrected chi connectivity index (χ1v) is 13.0. The Kier molecular flexibility index (Phi) is 6.21. The van der Waals surface area contributed by atoms with Crippen LogP contribution in [0.2, 0.25) is 0 Å². The van der Waals surface area contributed by atoms with Gasteiger partial charge in [-0.25, -0.2) is 0 Å². The summed E-state index contributed by atoms with van der Waals surface area (Å²) in [6.07, 6.45) is 7.55. The minimum Gasteiger partial charge on any atom is -0.350 e. The Labute approximate surface area is 194 Å². The number of hydrogen-bond acceptors (Lipinski definition) is 6. The van der Waals surface area contributed by atoms with Crippen molar-refractivity contribution in [3.05, 3.63) is 24.3 Å². The number of piperazine rings is 1. The number of hydrogen-bond donors (Lipinski definition) is 0. The molecule has 0 radical (unpaired) electrons. The van der Waals surface area contributed by atoms with E-state index in [1.165, 1.54) is 22.9 Å². The van der Waals surface area contributed by atoms with E-state index >= 15 is 0 Å². The Morgan fingerprint density at radius 3 is 2.50 bits per heavy atom. The molecule has 32 heavy (non-hydrogen) atoms. The van der Waals surface area contributed by atoms with Crippen molar-refractivity contribution in [2.24, 2.45) is 5.41 Å². The van der Waals surface area contributed by atoms with E-state index in [2.05, 4.69) is 41.0 Å². The van der Waals surface area contributed by atoms with Crippen LogP contribution in [-0.4, -0.2) is 64.8 Å². The molecule has 1 aromatic heterocycles. The Morgan fingerprint density at radius 1 is 1.03 bits per heavy atom. The molecule has 3 heterocycles. The number of amides is 2. The number of unbranched alkanes of at least 4 members (excludes halogenated alkanes) is 1. The zero-order chi connectivity index (χ0) is 22.1. The van der Waals surface area contributed by atoms with Crippen molar-refractivity contribution in [2.75, 3.05) is 37.6 Å². The molecule has 1 aromatic carbocycles. The first-order valence-electron chi connectivity index (χ1n) is 12.2. The van der Waals surface area contributed by atoms with Crippen LogP contribution < -0.4 is 4.90 Å². The molecular weight excluding hydrogens is 420 g/mol. The van der Waals surface area contributed by atoms with Gasteiger partial charge >= 0.3 is 0 Å². The summed E-state index contributed by atoms with van der Waals surface area (Å²) in [5, 5.41) is 1.26. The number of imide groups is 1. The summed E-state index contributed by atoms with van der Waals surface area (Å²) < 4.78 is 5.99. The largest absolute Gasteiger partial charge is 0.350 e. The van der Waals surface area contributed by atoms with E-state index in [9.17, 15) is 9.59 Å². The van der Waals surface area contributed by atoms with Gasteiger partial charge in [0.1, 0.15) is 5.82 Å². The lowest BCUT2D eigenvalue weighted by molar-refractivity contribution is -0.153. The van der Waals surface area contributed by atoms with Gasteiger partial charge in [0.05, 0.1) is 4.70 Å². The summed E-state index contributed by atoms with van der Waals surface area (Å²) in [4.78, 5) is 31.8. The fourth-order valence-electron chi connectivity index (χ4n) is 6.00. The van der Waals surface area contributed by atoms with E-state index in [-0.39, 0.29) is 17.2 Å². The number of rotatable bonds is 6. The lowest BCUT2D eigenvalue weighted by Gasteiger charge is -2.40. The molecule has 5 rings (SSSR count). The van der Waals surface area contributed by atoms with Crippen molar-refractivity contribution >= 4 is 39.3 Å². The van der Waals surface area contributed by atoms with E-state index < -0.39 is 0 Å². The van der Waals surface area contributed by atoms with Crippen LogP contribution in [0, 0.1) is 5.41 Å². The van der Waals surface area contributed by atoms with E-state index in [0.29, 0.717) is 25.4 Å². The second-order valence-electron chi connectivity index (χ2n) is 10.1. The van der Waals surface area contributed by atoms with Crippen LogP contribution >= 0.6 is 11.5 Å². The maximum absolute atomic E-state index is 12.6. The van der Waals surface area contributed by atoms with Gasteiger partial charge in [0.25, 0.3) is 0 Å². The van der Waals surface area contributed by atoms with Gasteiger partial charge in [0.15, 0.2) is 0 Å².